The molecule has 7 heteroatoms. The van der Waals surface area contributed by atoms with Gasteiger partial charge in [0.2, 0.25) is 0 Å². The van der Waals surface area contributed by atoms with E-state index in [1.165, 1.54) is 89.9 Å². The number of nitrogens with two attached hydrogens (primary N) is 1. The smallest absolute Gasteiger partial charge is 0.328 e. The Bertz CT molecular complexity index is 572. The van der Waals surface area contributed by atoms with Crippen molar-refractivity contribution in [2.45, 2.75) is 96.8 Å². The minimum absolute atomic E-state index is 0.558. The maximum atomic E-state index is 9.55. The summed E-state index contributed by atoms with van der Waals surface area (Å²) in [5.41, 5.74) is 5.64. The maximum absolute atomic E-state index is 9.55. The summed E-state index contributed by atoms with van der Waals surface area (Å²) in [5.74, 6) is -1.38. The van der Waals surface area contributed by atoms with Crippen LogP contribution in [-0.2, 0) is 9.59 Å². The number of hydrogen-bond acceptors (Lipinski definition) is 5. The molecule has 0 radical (unpaired) electrons. The second-order valence-corrected chi connectivity index (χ2v) is 8.46. The summed E-state index contributed by atoms with van der Waals surface area (Å²) in [6, 6.07) is 0. The molecule has 4 N–H and O–H groups in total. The van der Waals surface area contributed by atoms with Crippen LogP contribution in [0.25, 0.3) is 0 Å². The summed E-state index contributed by atoms with van der Waals surface area (Å²) in [7, 11) is 0. The van der Waals surface area contributed by atoms with E-state index in [-0.39, 0.29) is 0 Å². The van der Waals surface area contributed by atoms with Crippen molar-refractivity contribution >= 4 is 17.8 Å². The first-order chi connectivity index (χ1) is 16.0. The molecule has 1 aliphatic heterocycles. The maximum Gasteiger partial charge on any atom is 0.328 e. The Balaban J connectivity index is 0.00000109. The van der Waals surface area contributed by atoms with Gasteiger partial charge >= 0.3 is 11.9 Å². The molecule has 0 spiro atoms. The Morgan fingerprint density at radius 1 is 0.879 bits per heavy atom. The van der Waals surface area contributed by atoms with E-state index in [2.05, 4.69) is 29.0 Å². The van der Waals surface area contributed by atoms with Crippen LogP contribution in [0.4, 0.5) is 0 Å². The number of rotatable bonds is 19. The van der Waals surface area contributed by atoms with E-state index < -0.39 is 11.9 Å². The highest BCUT2D eigenvalue weighted by Crippen LogP contribution is 2.13. The van der Waals surface area contributed by atoms with Crippen LogP contribution in [0.5, 0.6) is 0 Å². The van der Waals surface area contributed by atoms with Gasteiger partial charge < -0.3 is 20.8 Å². The number of nitrogens with zero attached hydrogens (tertiary/aromatic N) is 2. The summed E-state index contributed by atoms with van der Waals surface area (Å²) in [5, 5.41) is 15.6. The van der Waals surface area contributed by atoms with E-state index in [1.54, 1.807) is 0 Å². The molecule has 0 saturated carbocycles. The number of amidine groups is 1. The van der Waals surface area contributed by atoms with Gasteiger partial charge in [-0.15, -0.1) is 0 Å². The van der Waals surface area contributed by atoms with Crippen LogP contribution in [0, 0.1) is 0 Å². The highest BCUT2D eigenvalue weighted by atomic mass is 16.4. The van der Waals surface area contributed by atoms with Crippen molar-refractivity contribution in [1.29, 1.82) is 0 Å². The molecule has 0 amide bonds. The molecule has 0 aromatic heterocycles. The molecular formula is C26H47N3O4. The molecule has 33 heavy (non-hydrogen) atoms. The Labute approximate surface area is 200 Å². The quantitative estimate of drug-likeness (QED) is 0.173. The van der Waals surface area contributed by atoms with Crippen LogP contribution in [0.3, 0.4) is 0 Å². The average Bonchev–Trinajstić information content (AvgIpc) is 3.22. The summed E-state index contributed by atoms with van der Waals surface area (Å²) >= 11 is 0. The Morgan fingerprint density at radius 2 is 1.36 bits per heavy atom. The zero-order valence-corrected chi connectivity index (χ0v) is 20.7. The number of carboxylic acid groups (broad SMARTS) is 2. The second kappa shape index (κ2) is 23.0. The number of carbonyl (C=O) groups is 2. The molecule has 0 atom stereocenters. The highest BCUT2D eigenvalue weighted by Gasteiger charge is 2.12. The molecule has 1 aliphatic rings. The van der Waals surface area contributed by atoms with Crippen molar-refractivity contribution in [3.05, 3.63) is 24.3 Å². The number of unbranched alkanes of at least 4 members (excludes halogenated alkanes) is 13. The minimum Gasteiger partial charge on any atom is -0.478 e. The van der Waals surface area contributed by atoms with Gasteiger partial charge in [-0.05, 0) is 18.9 Å². The topological polar surface area (TPSA) is 116 Å². The zero-order chi connectivity index (χ0) is 24.6. The van der Waals surface area contributed by atoms with Crippen LogP contribution in [0.1, 0.15) is 96.8 Å². The third-order valence-electron chi connectivity index (χ3n) is 5.48. The first-order valence-corrected chi connectivity index (χ1v) is 12.8. The molecule has 0 saturated heterocycles. The van der Waals surface area contributed by atoms with Crippen molar-refractivity contribution in [2.75, 3.05) is 26.2 Å². The molecule has 0 aromatic rings. The normalized spacial score (nSPS) is 13.4. The Morgan fingerprint density at radius 3 is 1.82 bits per heavy atom. The molecule has 0 bridgehead atoms. The zero-order valence-electron chi connectivity index (χ0n) is 20.7. The fourth-order valence-corrected chi connectivity index (χ4v) is 3.65. The third-order valence-corrected chi connectivity index (χ3v) is 5.48. The number of carboxylic acids is 2. The Hall–Kier alpha value is -2.15. The molecular weight excluding hydrogens is 418 g/mol. The summed E-state index contributed by atoms with van der Waals surface area (Å²) < 4.78 is 0. The minimum atomic E-state index is -1.26. The lowest BCUT2D eigenvalue weighted by Gasteiger charge is -2.16. The van der Waals surface area contributed by atoms with E-state index in [0.29, 0.717) is 18.7 Å². The lowest BCUT2D eigenvalue weighted by atomic mass is 10.0. The molecule has 0 fully saturated rings. The molecule has 1 rings (SSSR count). The monoisotopic (exact) mass is 465 g/mol. The van der Waals surface area contributed by atoms with Crippen LogP contribution in [-0.4, -0.2) is 59.1 Å². The third kappa shape index (κ3) is 21.5. The molecule has 0 unspecified atom stereocenters. The van der Waals surface area contributed by atoms with Crippen LogP contribution in [0.2, 0.25) is 0 Å². The van der Waals surface area contributed by atoms with Crippen molar-refractivity contribution in [2.24, 2.45) is 10.7 Å². The summed E-state index contributed by atoms with van der Waals surface area (Å²) in [6.07, 6.45) is 25.3. The van der Waals surface area contributed by atoms with Gasteiger partial charge in [-0.2, -0.15) is 0 Å². The van der Waals surface area contributed by atoms with Crippen LogP contribution < -0.4 is 5.73 Å². The van der Waals surface area contributed by atoms with E-state index in [0.717, 1.165) is 25.5 Å². The Kier molecular flexibility index (Phi) is 21.5. The first-order valence-electron chi connectivity index (χ1n) is 12.8. The van der Waals surface area contributed by atoms with Crippen LogP contribution >= 0.6 is 0 Å². The molecule has 190 valence electrons. The fraction of sp³-hybridized carbons (Fsp3) is 0.731. The molecule has 0 aliphatic carbocycles. The summed E-state index contributed by atoms with van der Waals surface area (Å²) in [4.78, 5) is 25.9. The largest absolute Gasteiger partial charge is 0.478 e. The highest BCUT2D eigenvalue weighted by molar-refractivity contribution is 5.94. The lowest BCUT2D eigenvalue weighted by molar-refractivity contribution is -0.134. The SMILES string of the molecule is CCCCCCCCCCCCCCCC=CC1=NCCN1CCN.O=C(O)C=CC(=O)O. The van der Waals surface area contributed by atoms with Crippen molar-refractivity contribution < 1.29 is 19.8 Å². The van der Waals surface area contributed by atoms with Gasteiger partial charge in [0, 0.05) is 31.8 Å². The standard InChI is InChI=1S/C22H43N3.C4H4O4/c1-2-3-4-5-6-7-8-9-10-11-12-13-14-15-16-17-22-24-19-21-25(22)20-18-23;5-3(6)1-2-4(7)8/h16-17H,2-15,18-21,23H2,1H3;1-2H,(H,5,6)(H,7,8). The van der Waals surface area contributed by atoms with Crippen molar-refractivity contribution in [3.8, 4) is 0 Å². The average molecular weight is 466 g/mol. The fourth-order valence-electron chi connectivity index (χ4n) is 3.65. The molecule has 1 heterocycles. The van der Waals surface area contributed by atoms with E-state index in [1.807, 2.05) is 0 Å². The number of aliphatic carboxylic acids is 2. The predicted octanol–water partition coefficient (Wildman–Crippen LogP) is 5.41. The molecule has 7 nitrogen and oxygen atoms in total. The van der Waals surface area contributed by atoms with Gasteiger partial charge in [0.05, 0.1) is 6.54 Å². The number of allylic oxidation sites excluding steroid dienone is 1. The van der Waals surface area contributed by atoms with Gasteiger partial charge in [0.15, 0.2) is 0 Å². The predicted molar refractivity (Wildman–Crippen MR) is 137 cm³/mol. The number of aliphatic imine (C=N–C) groups is 1. The van der Waals surface area contributed by atoms with E-state index in [4.69, 9.17) is 15.9 Å². The van der Waals surface area contributed by atoms with Crippen LogP contribution in [0.15, 0.2) is 29.3 Å². The summed E-state index contributed by atoms with van der Waals surface area (Å²) in [6.45, 7) is 5.90. The van der Waals surface area contributed by atoms with Crippen molar-refractivity contribution in [1.82, 2.24) is 4.90 Å². The molecule has 0 aromatic carbocycles. The van der Waals surface area contributed by atoms with E-state index >= 15 is 0 Å². The van der Waals surface area contributed by atoms with Gasteiger partial charge in [-0.1, -0.05) is 90.0 Å². The van der Waals surface area contributed by atoms with Gasteiger partial charge in [-0.25, -0.2) is 9.59 Å². The van der Waals surface area contributed by atoms with Gasteiger partial charge in [0.1, 0.15) is 5.84 Å². The first kappa shape index (κ1) is 30.9. The van der Waals surface area contributed by atoms with E-state index in [9.17, 15) is 9.59 Å². The lowest BCUT2D eigenvalue weighted by Crippen LogP contribution is -2.31. The van der Waals surface area contributed by atoms with Crippen molar-refractivity contribution in [3.63, 3.8) is 0 Å². The van der Waals surface area contributed by atoms with Gasteiger partial charge in [0.25, 0.3) is 0 Å². The number of hydrogen-bond donors (Lipinski definition) is 3. The second-order valence-electron chi connectivity index (χ2n) is 8.46. The van der Waals surface area contributed by atoms with Gasteiger partial charge in [-0.3, -0.25) is 4.99 Å².